The minimum atomic E-state index is 0.494. The number of piperidine rings is 1. The van der Waals surface area contributed by atoms with E-state index in [0.29, 0.717) is 12.0 Å². The molecule has 0 radical (unpaired) electrons. The third-order valence-electron chi connectivity index (χ3n) is 7.54. The molecule has 2 aromatic heterocycles. The smallest absolute Gasteiger partial charge is 0.126 e. The molecule has 6 nitrogen and oxygen atoms in total. The minimum absolute atomic E-state index is 0.494. The average Bonchev–Trinajstić information content (AvgIpc) is 3.39. The molecular formula is C28H34N6. The fraction of sp³-hybridized carbons (Fsp3) is 0.464. The molecule has 6 heteroatoms. The lowest BCUT2D eigenvalue weighted by Gasteiger charge is -2.39. The van der Waals surface area contributed by atoms with Gasteiger partial charge in [-0.25, -0.2) is 4.98 Å². The van der Waals surface area contributed by atoms with E-state index < -0.39 is 0 Å². The minimum Gasteiger partial charge on any atom is -0.371 e. The third-order valence-corrected chi connectivity index (χ3v) is 7.54. The van der Waals surface area contributed by atoms with Crippen molar-refractivity contribution < 1.29 is 0 Å². The number of hydrogen-bond donors (Lipinski definition) is 2. The Kier molecular flexibility index (Phi) is 7.09. The molecule has 0 amide bonds. The summed E-state index contributed by atoms with van der Waals surface area (Å²) in [4.78, 5) is 7.16. The first-order chi connectivity index (χ1) is 16.8. The Morgan fingerprint density at radius 2 is 1.91 bits per heavy atom. The van der Waals surface area contributed by atoms with Crippen molar-refractivity contribution in [2.75, 3.05) is 23.3 Å². The molecule has 1 saturated heterocycles. The molecule has 0 bridgehead atoms. The van der Waals surface area contributed by atoms with Gasteiger partial charge in [0, 0.05) is 49.3 Å². The molecule has 2 fully saturated rings. The number of nitriles is 1. The number of nitrogens with zero attached hydrogens (tertiary/aromatic N) is 4. The topological polar surface area (TPSA) is 80.6 Å². The number of pyridine rings is 1. The summed E-state index contributed by atoms with van der Waals surface area (Å²) in [6.07, 6.45) is 13.6. The molecule has 176 valence electrons. The van der Waals surface area contributed by atoms with Gasteiger partial charge in [-0.05, 0) is 92.0 Å². The van der Waals surface area contributed by atoms with Gasteiger partial charge < -0.3 is 10.2 Å². The number of aromatic amines is 1. The number of benzene rings is 1. The van der Waals surface area contributed by atoms with Crippen LogP contribution in [-0.4, -0.2) is 34.3 Å². The zero-order valence-electron chi connectivity index (χ0n) is 19.8. The monoisotopic (exact) mass is 454 g/mol. The molecule has 3 aromatic rings. The van der Waals surface area contributed by atoms with Crippen LogP contribution in [-0.2, 0) is 6.42 Å². The number of aromatic nitrogens is 3. The molecule has 1 aliphatic heterocycles. The van der Waals surface area contributed by atoms with Gasteiger partial charge in [0.2, 0.25) is 0 Å². The number of hydrogen-bond acceptors (Lipinski definition) is 5. The van der Waals surface area contributed by atoms with Crippen molar-refractivity contribution in [3.8, 4) is 6.07 Å². The Hall–Kier alpha value is -3.33. The molecule has 2 N–H and O–H groups in total. The van der Waals surface area contributed by atoms with E-state index in [1.807, 2.05) is 24.4 Å². The Bertz CT molecular complexity index is 1080. The quantitative estimate of drug-likeness (QED) is 0.490. The van der Waals surface area contributed by atoms with Crippen molar-refractivity contribution in [3.63, 3.8) is 0 Å². The van der Waals surface area contributed by atoms with Gasteiger partial charge in [-0.3, -0.25) is 5.10 Å². The van der Waals surface area contributed by atoms with Crippen LogP contribution in [0.2, 0.25) is 0 Å². The molecule has 3 atom stereocenters. The van der Waals surface area contributed by atoms with Gasteiger partial charge >= 0.3 is 0 Å². The Balaban J connectivity index is 1.21. The van der Waals surface area contributed by atoms with Gasteiger partial charge in [0.15, 0.2) is 0 Å². The zero-order chi connectivity index (χ0) is 23.2. The van der Waals surface area contributed by atoms with Crippen molar-refractivity contribution in [1.82, 2.24) is 15.2 Å². The van der Waals surface area contributed by atoms with Crippen molar-refractivity contribution in [1.29, 1.82) is 5.26 Å². The Morgan fingerprint density at radius 1 is 1.03 bits per heavy atom. The van der Waals surface area contributed by atoms with Gasteiger partial charge in [0.05, 0.1) is 11.6 Å². The van der Waals surface area contributed by atoms with E-state index >= 15 is 0 Å². The van der Waals surface area contributed by atoms with Gasteiger partial charge in [-0.1, -0.05) is 12.8 Å². The average molecular weight is 455 g/mol. The van der Waals surface area contributed by atoms with Crippen LogP contribution in [0.3, 0.4) is 0 Å². The molecule has 1 aliphatic carbocycles. The first kappa shape index (κ1) is 22.5. The highest BCUT2D eigenvalue weighted by Gasteiger charge is 2.30. The normalized spacial score (nSPS) is 22.8. The first-order valence-electron chi connectivity index (χ1n) is 12.7. The molecule has 3 heterocycles. The van der Waals surface area contributed by atoms with E-state index in [2.05, 4.69) is 55.7 Å². The van der Waals surface area contributed by atoms with Gasteiger partial charge in [0.1, 0.15) is 5.82 Å². The molecule has 34 heavy (non-hydrogen) atoms. The standard InChI is InChI=1S/C28H34N6/c29-19-21-7-9-26(10-8-21)34-15-3-4-23(20-34)16-24-5-1-2-6-27(24)32-28-18-22(11-13-30-28)17-25-12-14-31-33-25/h7-14,18,23-24,27H,1-6,15-17,20H2,(H,30,32)(H,31,33)/t23-,24+,27-/m1/s1. The van der Waals surface area contributed by atoms with E-state index in [1.165, 1.54) is 56.2 Å². The fourth-order valence-corrected chi connectivity index (χ4v) is 5.80. The van der Waals surface area contributed by atoms with Crippen LogP contribution in [0.5, 0.6) is 0 Å². The van der Waals surface area contributed by atoms with E-state index in [-0.39, 0.29) is 0 Å². The number of anilines is 2. The molecule has 2 aliphatic rings. The number of rotatable bonds is 7. The fourth-order valence-electron chi connectivity index (χ4n) is 5.80. The molecule has 0 unspecified atom stereocenters. The summed E-state index contributed by atoms with van der Waals surface area (Å²) in [5.74, 6) is 2.41. The van der Waals surface area contributed by atoms with Crippen LogP contribution in [0.4, 0.5) is 11.5 Å². The van der Waals surface area contributed by atoms with Crippen LogP contribution < -0.4 is 10.2 Å². The molecule has 1 saturated carbocycles. The van der Waals surface area contributed by atoms with Crippen molar-refractivity contribution >= 4 is 11.5 Å². The van der Waals surface area contributed by atoms with Gasteiger partial charge in [-0.15, -0.1) is 0 Å². The van der Waals surface area contributed by atoms with E-state index in [0.717, 1.165) is 42.5 Å². The summed E-state index contributed by atoms with van der Waals surface area (Å²) in [5, 5.41) is 20.0. The third kappa shape index (κ3) is 5.59. The maximum atomic E-state index is 9.09. The van der Waals surface area contributed by atoms with Gasteiger partial charge in [-0.2, -0.15) is 10.4 Å². The SMILES string of the molecule is N#Cc1ccc(N2CCC[C@H](C[C@@H]3CCCC[C@H]3Nc3cc(Cc4ccn[nH]4)ccn3)C2)cc1. The summed E-state index contributed by atoms with van der Waals surface area (Å²) < 4.78 is 0. The van der Waals surface area contributed by atoms with Crippen LogP contribution >= 0.6 is 0 Å². The summed E-state index contributed by atoms with van der Waals surface area (Å²) >= 11 is 0. The van der Waals surface area contributed by atoms with Gasteiger partial charge in [0.25, 0.3) is 0 Å². The van der Waals surface area contributed by atoms with E-state index in [9.17, 15) is 0 Å². The predicted molar refractivity (Wildman–Crippen MR) is 136 cm³/mol. The predicted octanol–water partition coefficient (Wildman–Crippen LogP) is 5.54. The van der Waals surface area contributed by atoms with E-state index in [1.54, 1.807) is 6.20 Å². The summed E-state index contributed by atoms with van der Waals surface area (Å²) in [5.41, 5.74) is 4.35. The molecular weight excluding hydrogens is 420 g/mol. The van der Waals surface area contributed by atoms with Crippen molar-refractivity contribution in [2.45, 2.75) is 57.4 Å². The lowest BCUT2D eigenvalue weighted by atomic mass is 9.77. The highest BCUT2D eigenvalue weighted by Crippen LogP contribution is 2.35. The number of H-pyrrole nitrogens is 1. The number of nitrogens with one attached hydrogen (secondary N) is 2. The first-order valence-corrected chi connectivity index (χ1v) is 12.7. The van der Waals surface area contributed by atoms with E-state index in [4.69, 9.17) is 5.26 Å². The van der Waals surface area contributed by atoms with Crippen molar-refractivity contribution in [2.24, 2.45) is 11.8 Å². The molecule has 5 rings (SSSR count). The largest absolute Gasteiger partial charge is 0.371 e. The highest BCUT2D eigenvalue weighted by molar-refractivity contribution is 5.50. The lowest BCUT2D eigenvalue weighted by Crippen LogP contribution is -2.39. The van der Waals surface area contributed by atoms with Crippen LogP contribution in [0.25, 0.3) is 0 Å². The molecule has 1 aromatic carbocycles. The van der Waals surface area contributed by atoms with Crippen LogP contribution in [0.15, 0.2) is 54.9 Å². The van der Waals surface area contributed by atoms with Crippen molar-refractivity contribution in [3.05, 3.63) is 71.7 Å². The van der Waals surface area contributed by atoms with Crippen LogP contribution in [0, 0.1) is 23.2 Å². The maximum absolute atomic E-state index is 9.09. The summed E-state index contributed by atoms with van der Waals surface area (Å²) in [7, 11) is 0. The Labute approximate surface area is 202 Å². The second-order valence-electron chi connectivity index (χ2n) is 9.95. The zero-order valence-corrected chi connectivity index (χ0v) is 19.8. The van der Waals surface area contributed by atoms with Crippen LogP contribution in [0.1, 0.15) is 61.8 Å². The summed E-state index contributed by atoms with van der Waals surface area (Å²) in [6.45, 7) is 2.23. The second-order valence-corrected chi connectivity index (χ2v) is 9.95. The lowest BCUT2D eigenvalue weighted by molar-refractivity contribution is 0.247. The second kappa shape index (κ2) is 10.7. The Morgan fingerprint density at radius 3 is 2.74 bits per heavy atom. The highest BCUT2D eigenvalue weighted by atomic mass is 15.1. The summed E-state index contributed by atoms with van der Waals surface area (Å²) in [6, 6.07) is 17.1. The molecule has 0 spiro atoms. The maximum Gasteiger partial charge on any atom is 0.126 e.